The number of nitrogen functional groups attached to an aromatic ring is 1. The molecule has 30 heavy (non-hydrogen) atoms. The van der Waals surface area contributed by atoms with E-state index < -0.39 is 40.1 Å². The molecule has 0 saturated heterocycles. The van der Waals surface area contributed by atoms with Gasteiger partial charge in [0.05, 0.1) is 17.7 Å². The van der Waals surface area contributed by atoms with Gasteiger partial charge in [-0.05, 0) is 18.6 Å². The van der Waals surface area contributed by atoms with Crippen LogP contribution in [0.15, 0.2) is 33.9 Å². The Kier molecular flexibility index (Phi) is 7.43. The van der Waals surface area contributed by atoms with E-state index in [1.807, 2.05) is 6.92 Å². The Morgan fingerprint density at radius 3 is 2.53 bits per heavy atom. The average Bonchev–Trinajstić information content (AvgIpc) is 2.69. The van der Waals surface area contributed by atoms with Crippen molar-refractivity contribution < 1.29 is 22.7 Å². The van der Waals surface area contributed by atoms with Crippen LogP contribution in [0.25, 0.3) is 0 Å². The minimum absolute atomic E-state index is 0.0765. The summed E-state index contributed by atoms with van der Waals surface area (Å²) in [6, 6.07) is 4.23. The Morgan fingerprint density at radius 2 is 1.93 bits per heavy atom. The molecule has 0 aliphatic heterocycles. The zero-order valence-electron chi connectivity index (χ0n) is 16.6. The number of carbonyl (C=O) groups excluding carboxylic acids is 1. The van der Waals surface area contributed by atoms with Crippen LogP contribution < -0.4 is 21.9 Å². The fourth-order valence-electron chi connectivity index (χ4n) is 2.94. The van der Waals surface area contributed by atoms with E-state index in [9.17, 15) is 27.6 Å². The Balaban J connectivity index is 2.67. The van der Waals surface area contributed by atoms with Crippen LogP contribution in [-0.2, 0) is 17.5 Å². The maximum absolute atomic E-state index is 13.4. The second kappa shape index (κ2) is 9.61. The van der Waals surface area contributed by atoms with Crippen LogP contribution in [0.1, 0.15) is 35.7 Å². The molecule has 2 rings (SSSR count). The molecule has 0 aliphatic rings. The third-order valence-electron chi connectivity index (χ3n) is 4.45. The van der Waals surface area contributed by atoms with Crippen molar-refractivity contribution in [1.82, 2.24) is 9.55 Å². The monoisotopic (exact) mass is 428 g/mol. The van der Waals surface area contributed by atoms with Gasteiger partial charge < -0.3 is 10.5 Å². The predicted octanol–water partition coefficient (Wildman–Crippen LogP) is 2.23. The number of halogens is 3. The zero-order valence-corrected chi connectivity index (χ0v) is 16.6. The molecule has 0 radical (unpaired) electrons. The van der Waals surface area contributed by atoms with Gasteiger partial charge in [-0.2, -0.15) is 13.2 Å². The average molecular weight is 428 g/mol. The molecule has 0 saturated carbocycles. The van der Waals surface area contributed by atoms with Gasteiger partial charge in [0.15, 0.2) is 5.69 Å². The first-order valence-corrected chi connectivity index (χ1v) is 9.23. The second-order valence-corrected chi connectivity index (χ2v) is 6.49. The number of aromatic nitrogens is 2. The Morgan fingerprint density at radius 1 is 1.27 bits per heavy atom. The van der Waals surface area contributed by atoms with E-state index in [1.165, 1.54) is 13.2 Å². The number of hydrogen-bond donors (Lipinski definition) is 2. The summed E-state index contributed by atoms with van der Waals surface area (Å²) < 4.78 is 46.2. The summed E-state index contributed by atoms with van der Waals surface area (Å²) in [4.78, 5) is 40.6. The fraction of sp³-hybridized carbons (Fsp3) is 0.421. The van der Waals surface area contributed by atoms with E-state index in [0.717, 1.165) is 34.1 Å². The van der Waals surface area contributed by atoms with Gasteiger partial charge in [-0.1, -0.05) is 25.5 Å². The number of unbranched alkanes of at least 4 members (excludes halogenated alkanes) is 1. The molecule has 2 aromatic rings. The number of benzene rings is 1. The van der Waals surface area contributed by atoms with Crippen LogP contribution in [0.4, 0.5) is 24.7 Å². The van der Waals surface area contributed by atoms with Gasteiger partial charge in [0.1, 0.15) is 5.82 Å². The molecule has 0 unspecified atom stereocenters. The first kappa shape index (κ1) is 23.2. The fourth-order valence-corrected chi connectivity index (χ4v) is 2.94. The number of nitrogens with one attached hydrogen (secondary N) is 1. The van der Waals surface area contributed by atoms with Crippen molar-refractivity contribution >= 4 is 17.4 Å². The molecular weight excluding hydrogens is 405 g/mol. The number of H-pyrrole nitrogens is 1. The summed E-state index contributed by atoms with van der Waals surface area (Å²) in [5.41, 5.74) is 2.10. The standard InChI is InChI=1S/C19H23F3N4O4/c1-3-4-9-26-15(23)14(16(27)24-18(26)29)25(10-11-30-2)17(28)12-7-5-6-8-13(12)19(20,21)22/h5-8H,3-4,9-11,23H2,1-2H3,(H,24,27,29). The Hall–Kier alpha value is -3.08. The second-order valence-electron chi connectivity index (χ2n) is 6.49. The molecule has 1 heterocycles. The van der Waals surface area contributed by atoms with Gasteiger partial charge in [-0.15, -0.1) is 0 Å². The van der Waals surface area contributed by atoms with E-state index in [-0.39, 0.29) is 25.5 Å². The molecule has 1 amide bonds. The number of nitrogens with two attached hydrogens (primary N) is 1. The summed E-state index contributed by atoms with van der Waals surface area (Å²) in [7, 11) is 1.34. The number of alkyl halides is 3. The van der Waals surface area contributed by atoms with Gasteiger partial charge in [0.25, 0.3) is 11.5 Å². The number of ether oxygens (including phenoxy) is 1. The third kappa shape index (κ3) is 4.90. The van der Waals surface area contributed by atoms with Gasteiger partial charge in [-0.3, -0.25) is 24.0 Å². The highest BCUT2D eigenvalue weighted by Gasteiger charge is 2.37. The Labute approximate surface area is 170 Å². The van der Waals surface area contributed by atoms with Crippen LogP contribution in [0, 0.1) is 0 Å². The van der Waals surface area contributed by atoms with E-state index in [0.29, 0.717) is 6.42 Å². The molecule has 3 N–H and O–H groups in total. The molecule has 1 aromatic heterocycles. The smallest absolute Gasteiger partial charge is 0.383 e. The van der Waals surface area contributed by atoms with Crippen LogP contribution in [0.3, 0.4) is 0 Å². The minimum atomic E-state index is -4.78. The highest BCUT2D eigenvalue weighted by molar-refractivity contribution is 6.08. The maximum atomic E-state index is 13.4. The number of aromatic amines is 1. The molecule has 8 nitrogen and oxygen atoms in total. The van der Waals surface area contributed by atoms with Crippen molar-refractivity contribution in [3.05, 3.63) is 56.2 Å². The van der Waals surface area contributed by atoms with Gasteiger partial charge in [0.2, 0.25) is 0 Å². The summed E-state index contributed by atoms with van der Waals surface area (Å²) in [5, 5.41) is 0. The van der Waals surface area contributed by atoms with Crippen LogP contribution in [0.2, 0.25) is 0 Å². The number of carbonyl (C=O) groups is 1. The number of anilines is 2. The molecule has 11 heteroatoms. The van der Waals surface area contributed by atoms with Crippen molar-refractivity contribution in [1.29, 1.82) is 0 Å². The molecule has 1 aromatic carbocycles. The largest absolute Gasteiger partial charge is 0.417 e. The lowest BCUT2D eigenvalue weighted by Crippen LogP contribution is -2.43. The SMILES string of the molecule is CCCCn1c(N)c(N(CCOC)C(=O)c2ccccc2C(F)(F)F)c(=O)[nH]c1=O. The van der Waals surface area contributed by atoms with Crippen LogP contribution in [0.5, 0.6) is 0 Å². The zero-order chi connectivity index (χ0) is 22.5. The highest BCUT2D eigenvalue weighted by Crippen LogP contribution is 2.33. The maximum Gasteiger partial charge on any atom is 0.417 e. The topological polar surface area (TPSA) is 110 Å². The van der Waals surface area contributed by atoms with Crippen molar-refractivity contribution in [2.45, 2.75) is 32.5 Å². The Bertz CT molecular complexity index is 1010. The lowest BCUT2D eigenvalue weighted by atomic mass is 10.1. The van der Waals surface area contributed by atoms with Crippen LogP contribution in [-0.4, -0.2) is 35.7 Å². The molecule has 164 valence electrons. The highest BCUT2D eigenvalue weighted by atomic mass is 19.4. The van der Waals surface area contributed by atoms with E-state index in [1.54, 1.807) is 0 Å². The first-order chi connectivity index (χ1) is 14.1. The van der Waals surface area contributed by atoms with Gasteiger partial charge >= 0.3 is 11.9 Å². The molecule has 0 aliphatic carbocycles. The number of methoxy groups -OCH3 is 1. The molecule has 0 bridgehead atoms. The van der Waals surface area contributed by atoms with E-state index in [4.69, 9.17) is 10.5 Å². The normalized spacial score (nSPS) is 11.5. The lowest BCUT2D eigenvalue weighted by molar-refractivity contribution is -0.137. The number of amides is 1. The van der Waals surface area contributed by atoms with E-state index in [2.05, 4.69) is 4.98 Å². The van der Waals surface area contributed by atoms with Gasteiger partial charge in [-0.25, -0.2) is 4.79 Å². The quantitative estimate of drug-likeness (QED) is 0.670. The predicted molar refractivity (Wildman–Crippen MR) is 106 cm³/mol. The minimum Gasteiger partial charge on any atom is -0.383 e. The lowest BCUT2D eigenvalue weighted by Gasteiger charge is -2.25. The molecular formula is C19H23F3N4O4. The first-order valence-electron chi connectivity index (χ1n) is 9.23. The molecule has 0 spiro atoms. The molecule has 0 fully saturated rings. The molecule has 0 atom stereocenters. The van der Waals surface area contributed by atoms with Crippen molar-refractivity contribution in [2.75, 3.05) is 30.9 Å². The summed E-state index contributed by atoms with van der Waals surface area (Å²) >= 11 is 0. The van der Waals surface area contributed by atoms with E-state index >= 15 is 0 Å². The summed E-state index contributed by atoms with van der Waals surface area (Å²) in [6.45, 7) is 1.74. The van der Waals surface area contributed by atoms with Crippen molar-refractivity contribution in [3.63, 3.8) is 0 Å². The van der Waals surface area contributed by atoms with Crippen molar-refractivity contribution in [2.24, 2.45) is 0 Å². The summed E-state index contributed by atoms with van der Waals surface area (Å²) in [6.07, 6.45) is -3.48. The number of hydrogen-bond acceptors (Lipinski definition) is 5. The van der Waals surface area contributed by atoms with Crippen LogP contribution >= 0.6 is 0 Å². The third-order valence-corrected chi connectivity index (χ3v) is 4.45. The number of nitrogens with zero attached hydrogens (tertiary/aromatic N) is 2. The number of rotatable bonds is 8. The summed E-state index contributed by atoms with van der Waals surface area (Å²) in [5.74, 6) is -1.39. The van der Waals surface area contributed by atoms with Gasteiger partial charge in [0, 0.05) is 20.2 Å². The van der Waals surface area contributed by atoms with Crippen molar-refractivity contribution in [3.8, 4) is 0 Å².